The van der Waals surface area contributed by atoms with Gasteiger partial charge in [-0.3, -0.25) is 9.52 Å². The summed E-state index contributed by atoms with van der Waals surface area (Å²) in [7, 11) is -4.21. The van der Waals surface area contributed by atoms with Gasteiger partial charge in [0.25, 0.3) is 15.9 Å². The van der Waals surface area contributed by atoms with Crippen LogP contribution in [0.1, 0.15) is 20.7 Å². The Kier molecular flexibility index (Phi) is 6.61. The third-order valence-electron chi connectivity index (χ3n) is 5.13. The van der Waals surface area contributed by atoms with E-state index in [0.717, 1.165) is 35.4 Å². The molecule has 0 heterocycles. The van der Waals surface area contributed by atoms with E-state index < -0.39 is 27.7 Å². The number of carboxylic acid groups (broad SMARTS) is 1. The minimum absolute atomic E-state index is 0.184. The lowest BCUT2D eigenvalue weighted by molar-refractivity contribution is 0.0698. The second-order valence-corrected chi connectivity index (χ2v) is 9.20. The fourth-order valence-electron chi connectivity index (χ4n) is 3.36. The van der Waals surface area contributed by atoms with E-state index in [1.165, 1.54) is 18.2 Å². The van der Waals surface area contributed by atoms with E-state index in [0.29, 0.717) is 5.56 Å². The molecule has 1 amide bonds. The molecule has 0 unspecified atom stereocenters. The Hall–Kier alpha value is -4.50. The van der Waals surface area contributed by atoms with Gasteiger partial charge in [-0.2, -0.15) is 0 Å². The van der Waals surface area contributed by atoms with Crippen molar-refractivity contribution in [2.45, 2.75) is 4.90 Å². The van der Waals surface area contributed by atoms with Crippen molar-refractivity contribution in [1.29, 1.82) is 0 Å². The van der Waals surface area contributed by atoms with Crippen LogP contribution >= 0.6 is 0 Å². The van der Waals surface area contributed by atoms with E-state index in [1.807, 2.05) is 30.3 Å². The van der Waals surface area contributed by atoms with Crippen LogP contribution in [-0.4, -0.2) is 25.4 Å². The summed E-state index contributed by atoms with van der Waals surface area (Å²) in [5.74, 6) is -2.44. The van der Waals surface area contributed by atoms with Crippen LogP contribution in [0.3, 0.4) is 0 Å². The summed E-state index contributed by atoms with van der Waals surface area (Å²) in [6.45, 7) is 0. The van der Waals surface area contributed by atoms with Crippen molar-refractivity contribution in [3.63, 3.8) is 0 Å². The van der Waals surface area contributed by atoms with Crippen LogP contribution in [0.5, 0.6) is 0 Å². The number of halogens is 1. The summed E-state index contributed by atoms with van der Waals surface area (Å²) in [6.07, 6.45) is 0. The molecule has 0 saturated heterocycles. The number of amides is 1. The van der Waals surface area contributed by atoms with Crippen LogP contribution in [0.4, 0.5) is 15.8 Å². The maximum atomic E-state index is 13.2. The Morgan fingerprint density at radius 1 is 0.771 bits per heavy atom. The van der Waals surface area contributed by atoms with Crippen LogP contribution < -0.4 is 10.0 Å². The maximum Gasteiger partial charge on any atom is 0.337 e. The number of sulfonamides is 1. The van der Waals surface area contributed by atoms with E-state index in [2.05, 4.69) is 10.0 Å². The zero-order valence-electron chi connectivity index (χ0n) is 18.1. The smallest absolute Gasteiger partial charge is 0.337 e. The van der Waals surface area contributed by atoms with Crippen molar-refractivity contribution in [2.75, 3.05) is 10.0 Å². The Bertz CT molecular complexity index is 1490. The minimum atomic E-state index is -4.21. The number of anilines is 2. The van der Waals surface area contributed by atoms with Crippen molar-refractivity contribution in [2.24, 2.45) is 0 Å². The van der Waals surface area contributed by atoms with E-state index >= 15 is 0 Å². The molecule has 0 spiro atoms. The van der Waals surface area contributed by atoms with Gasteiger partial charge in [0.1, 0.15) is 5.82 Å². The Balaban J connectivity index is 1.57. The van der Waals surface area contributed by atoms with Gasteiger partial charge in [-0.1, -0.05) is 42.5 Å². The molecule has 0 aliphatic carbocycles. The molecule has 0 saturated carbocycles. The quantitative estimate of drug-likeness (QED) is 0.328. The van der Waals surface area contributed by atoms with E-state index in [-0.39, 0.29) is 21.8 Å². The SMILES string of the molecule is O=C(Nc1ccc(C(=O)O)c(NS(=O)(=O)c2ccc(F)cc2)c1)c1ccc(-c2ccccc2)cc1. The first kappa shape index (κ1) is 23.7. The topological polar surface area (TPSA) is 113 Å². The highest BCUT2D eigenvalue weighted by Gasteiger charge is 2.20. The third-order valence-corrected chi connectivity index (χ3v) is 6.51. The molecule has 0 aromatic heterocycles. The van der Waals surface area contributed by atoms with Crippen molar-refractivity contribution < 1.29 is 27.5 Å². The first-order valence-corrected chi connectivity index (χ1v) is 11.8. The zero-order chi connectivity index (χ0) is 25.0. The van der Waals surface area contributed by atoms with Gasteiger partial charge in [-0.15, -0.1) is 0 Å². The summed E-state index contributed by atoms with van der Waals surface area (Å²) >= 11 is 0. The predicted octanol–water partition coefficient (Wildman–Crippen LogP) is 5.24. The van der Waals surface area contributed by atoms with Crippen LogP contribution in [0.15, 0.2) is 102 Å². The summed E-state index contributed by atoms with van der Waals surface area (Å²) in [5, 5.41) is 12.1. The normalized spacial score (nSPS) is 11.0. The molecule has 0 radical (unpaired) electrons. The Labute approximate surface area is 200 Å². The van der Waals surface area contributed by atoms with Crippen molar-refractivity contribution in [3.05, 3.63) is 114 Å². The molecule has 0 aliphatic rings. The molecule has 9 heteroatoms. The van der Waals surface area contributed by atoms with Gasteiger partial charge in [-0.05, 0) is 65.7 Å². The minimum Gasteiger partial charge on any atom is -0.478 e. The summed E-state index contributed by atoms with van der Waals surface area (Å²) in [5.41, 5.74) is 1.91. The highest BCUT2D eigenvalue weighted by Crippen LogP contribution is 2.25. The molecule has 0 bridgehead atoms. The van der Waals surface area contributed by atoms with E-state index in [4.69, 9.17) is 0 Å². The number of carbonyl (C=O) groups excluding carboxylic acids is 1. The van der Waals surface area contributed by atoms with Crippen LogP contribution in [0, 0.1) is 5.82 Å². The number of rotatable bonds is 7. The van der Waals surface area contributed by atoms with Crippen molar-refractivity contribution >= 4 is 33.3 Å². The molecule has 35 heavy (non-hydrogen) atoms. The van der Waals surface area contributed by atoms with Crippen molar-refractivity contribution in [1.82, 2.24) is 0 Å². The summed E-state index contributed by atoms with van der Waals surface area (Å²) in [6, 6.07) is 24.4. The lowest BCUT2D eigenvalue weighted by Gasteiger charge is -2.13. The molecule has 0 atom stereocenters. The van der Waals surface area contributed by atoms with Gasteiger partial charge >= 0.3 is 5.97 Å². The molecular weight excluding hydrogens is 471 g/mol. The fraction of sp³-hybridized carbons (Fsp3) is 0. The molecule has 0 aliphatic heterocycles. The molecule has 7 nitrogen and oxygen atoms in total. The van der Waals surface area contributed by atoms with Gasteiger partial charge in [-0.25, -0.2) is 17.6 Å². The largest absolute Gasteiger partial charge is 0.478 e. The molecule has 3 N–H and O–H groups in total. The van der Waals surface area contributed by atoms with Gasteiger partial charge in [0.2, 0.25) is 0 Å². The van der Waals surface area contributed by atoms with Gasteiger partial charge in [0, 0.05) is 11.3 Å². The third kappa shape index (κ3) is 5.53. The predicted molar refractivity (Wildman–Crippen MR) is 130 cm³/mol. The second-order valence-electron chi connectivity index (χ2n) is 7.52. The molecular formula is C26H19FN2O5S. The highest BCUT2D eigenvalue weighted by atomic mass is 32.2. The molecule has 4 rings (SSSR count). The number of hydrogen-bond acceptors (Lipinski definition) is 4. The molecule has 4 aromatic rings. The lowest BCUT2D eigenvalue weighted by atomic mass is 10.0. The number of benzene rings is 4. The number of hydrogen-bond donors (Lipinski definition) is 3. The maximum absolute atomic E-state index is 13.2. The molecule has 0 fully saturated rings. The summed E-state index contributed by atoms with van der Waals surface area (Å²) < 4.78 is 40.7. The highest BCUT2D eigenvalue weighted by molar-refractivity contribution is 7.92. The summed E-state index contributed by atoms with van der Waals surface area (Å²) in [4.78, 5) is 24.1. The number of nitrogens with one attached hydrogen (secondary N) is 2. The standard InChI is InChI=1S/C26H19FN2O5S/c27-20-10-13-22(14-11-20)35(33,34)29-24-16-21(12-15-23(24)26(31)32)28-25(30)19-8-6-18(7-9-19)17-4-2-1-3-5-17/h1-16,29H,(H,28,30)(H,31,32). The second kappa shape index (κ2) is 9.78. The van der Waals surface area contributed by atoms with E-state index in [1.54, 1.807) is 24.3 Å². The first-order valence-electron chi connectivity index (χ1n) is 10.4. The molecule has 176 valence electrons. The van der Waals surface area contributed by atoms with E-state index in [9.17, 15) is 27.5 Å². The van der Waals surface area contributed by atoms with Gasteiger partial charge in [0.05, 0.1) is 16.1 Å². The Morgan fingerprint density at radius 3 is 2.03 bits per heavy atom. The molecule has 4 aromatic carbocycles. The zero-order valence-corrected chi connectivity index (χ0v) is 18.9. The van der Waals surface area contributed by atoms with Crippen molar-refractivity contribution in [3.8, 4) is 11.1 Å². The van der Waals surface area contributed by atoms with Gasteiger partial charge < -0.3 is 10.4 Å². The number of carboxylic acids is 1. The fourth-order valence-corrected chi connectivity index (χ4v) is 4.43. The van der Waals surface area contributed by atoms with Crippen LogP contribution in [0.2, 0.25) is 0 Å². The average Bonchev–Trinajstić information content (AvgIpc) is 2.84. The average molecular weight is 491 g/mol. The van der Waals surface area contributed by atoms with Crippen LogP contribution in [0.25, 0.3) is 11.1 Å². The van der Waals surface area contributed by atoms with Gasteiger partial charge in [0.15, 0.2) is 0 Å². The number of carbonyl (C=O) groups is 2. The monoisotopic (exact) mass is 490 g/mol. The number of aromatic carboxylic acids is 1. The lowest BCUT2D eigenvalue weighted by Crippen LogP contribution is -2.17. The first-order chi connectivity index (χ1) is 16.7. The Morgan fingerprint density at radius 2 is 1.40 bits per heavy atom. The van der Waals surface area contributed by atoms with Crippen LogP contribution in [-0.2, 0) is 10.0 Å².